The lowest BCUT2D eigenvalue weighted by Gasteiger charge is -2.26. The van der Waals surface area contributed by atoms with Gasteiger partial charge in [-0.3, -0.25) is 0 Å². The van der Waals surface area contributed by atoms with Gasteiger partial charge >= 0.3 is 0 Å². The topological polar surface area (TPSA) is 42.1 Å². The van der Waals surface area contributed by atoms with Crippen molar-refractivity contribution in [2.45, 2.75) is 46.5 Å². The normalized spacial score (nSPS) is 11.9. The SMILES string of the molecule is CC(C)CN(CCCN)c1ccc(C(C)(C)C)cn1. The van der Waals surface area contributed by atoms with Gasteiger partial charge in [0.2, 0.25) is 0 Å². The number of rotatable bonds is 6. The zero-order chi connectivity index (χ0) is 14.5. The summed E-state index contributed by atoms with van der Waals surface area (Å²) in [7, 11) is 0. The third-order valence-electron chi connectivity index (χ3n) is 3.16. The molecule has 19 heavy (non-hydrogen) atoms. The minimum atomic E-state index is 0.158. The second kappa shape index (κ2) is 6.90. The van der Waals surface area contributed by atoms with Crippen LogP contribution >= 0.6 is 0 Å². The van der Waals surface area contributed by atoms with E-state index in [1.54, 1.807) is 0 Å². The van der Waals surface area contributed by atoms with Crippen LogP contribution in [0.3, 0.4) is 0 Å². The van der Waals surface area contributed by atoms with Gasteiger partial charge in [0, 0.05) is 19.3 Å². The summed E-state index contributed by atoms with van der Waals surface area (Å²) in [6.45, 7) is 13.9. The fourth-order valence-corrected chi connectivity index (χ4v) is 2.04. The fourth-order valence-electron chi connectivity index (χ4n) is 2.04. The Kier molecular flexibility index (Phi) is 5.80. The molecule has 3 heteroatoms. The molecule has 2 N–H and O–H groups in total. The van der Waals surface area contributed by atoms with E-state index in [0.29, 0.717) is 5.92 Å². The molecule has 0 spiro atoms. The Hall–Kier alpha value is -1.09. The number of hydrogen-bond acceptors (Lipinski definition) is 3. The lowest BCUT2D eigenvalue weighted by atomic mass is 9.88. The highest BCUT2D eigenvalue weighted by molar-refractivity contribution is 5.40. The zero-order valence-corrected chi connectivity index (χ0v) is 13.1. The van der Waals surface area contributed by atoms with Gasteiger partial charge in [-0.1, -0.05) is 40.7 Å². The molecule has 1 heterocycles. The van der Waals surface area contributed by atoms with Crippen LogP contribution in [0.15, 0.2) is 18.3 Å². The highest BCUT2D eigenvalue weighted by Gasteiger charge is 2.15. The molecule has 0 unspecified atom stereocenters. The van der Waals surface area contributed by atoms with Gasteiger partial charge in [0.1, 0.15) is 5.82 Å². The highest BCUT2D eigenvalue weighted by atomic mass is 15.2. The molecule has 1 aromatic rings. The third kappa shape index (κ3) is 5.19. The maximum atomic E-state index is 5.62. The predicted octanol–water partition coefficient (Wildman–Crippen LogP) is 3.19. The molecule has 0 saturated heterocycles. The minimum Gasteiger partial charge on any atom is -0.356 e. The van der Waals surface area contributed by atoms with Crippen molar-refractivity contribution in [3.8, 4) is 0 Å². The van der Waals surface area contributed by atoms with E-state index >= 15 is 0 Å². The van der Waals surface area contributed by atoms with Crippen LogP contribution in [0.2, 0.25) is 0 Å². The van der Waals surface area contributed by atoms with Gasteiger partial charge < -0.3 is 10.6 Å². The smallest absolute Gasteiger partial charge is 0.128 e. The van der Waals surface area contributed by atoms with Crippen molar-refractivity contribution in [1.82, 2.24) is 4.98 Å². The lowest BCUT2D eigenvalue weighted by molar-refractivity contribution is 0.582. The van der Waals surface area contributed by atoms with E-state index in [1.807, 2.05) is 6.20 Å². The third-order valence-corrected chi connectivity index (χ3v) is 3.16. The van der Waals surface area contributed by atoms with E-state index < -0.39 is 0 Å². The average molecular weight is 263 g/mol. The Bertz CT molecular complexity index is 363. The molecular formula is C16H29N3. The standard InChI is InChI=1S/C16H29N3/c1-13(2)12-19(10-6-9-17)15-8-7-14(11-18-15)16(3,4)5/h7-8,11,13H,6,9-10,12,17H2,1-5H3. The van der Waals surface area contributed by atoms with Gasteiger partial charge in [-0.25, -0.2) is 4.98 Å². The Balaban J connectivity index is 2.84. The summed E-state index contributed by atoms with van der Waals surface area (Å²) >= 11 is 0. The molecule has 1 aromatic heterocycles. The van der Waals surface area contributed by atoms with Crippen molar-refractivity contribution < 1.29 is 0 Å². The molecule has 0 amide bonds. The van der Waals surface area contributed by atoms with Crippen LogP contribution in [0.4, 0.5) is 5.82 Å². The maximum absolute atomic E-state index is 5.62. The number of pyridine rings is 1. The molecule has 0 aliphatic carbocycles. The highest BCUT2D eigenvalue weighted by Crippen LogP contribution is 2.23. The van der Waals surface area contributed by atoms with E-state index in [-0.39, 0.29) is 5.41 Å². The van der Waals surface area contributed by atoms with Gasteiger partial charge in [0.25, 0.3) is 0 Å². The Labute approximate surface area is 118 Å². The van der Waals surface area contributed by atoms with Crippen LogP contribution in [0, 0.1) is 5.92 Å². The van der Waals surface area contributed by atoms with Crippen LogP contribution in [0.1, 0.15) is 46.6 Å². The maximum Gasteiger partial charge on any atom is 0.128 e. The van der Waals surface area contributed by atoms with Crippen molar-refractivity contribution in [2.75, 3.05) is 24.5 Å². The summed E-state index contributed by atoms with van der Waals surface area (Å²) in [5, 5.41) is 0. The van der Waals surface area contributed by atoms with E-state index in [0.717, 1.165) is 31.9 Å². The number of hydrogen-bond donors (Lipinski definition) is 1. The van der Waals surface area contributed by atoms with Gasteiger partial charge in [-0.05, 0) is 35.9 Å². The van der Waals surface area contributed by atoms with Crippen LogP contribution in [0.5, 0.6) is 0 Å². The molecule has 0 saturated carbocycles. The fraction of sp³-hybridized carbons (Fsp3) is 0.688. The molecule has 0 bridgehead atoms. The average Bonchev–Trinajstić information content (AvgIpc) is 2.33. The molecule has 0 radical (unpaired) electrons. The van der Waals surface area contributed by atoms with Gasteiger partial charge in [-0.15, -0.1) is 0 Å². The first-order valence-corrected chi connectivity index (χ1v) is 7.26. The molecule has 3 nitrogen and oxygen atoms in total. The molecule has 0 fully saturated rings. The summed E-state index contributed by atoms with van der Waals surface area (Å²) in [6, 6.07) is 4.33. The van der Waals surface area contributed by atoms with Crippen molar-refractivity contribution in [3.05, 3.63) is 23.9 Å². The van der Waals surface area contributed by atoms with E-state index in [9.17, 15) is 0 Å². The molecule has 108 valence electrons. The molecular weight excluding hydrogens is 234 g/mol. The quantitative estimate of drug-likeness (QED) is 0.857. The second-order valence-corrected chi connectivity index (χ2v) is 6.64. The van der Waals surface area contributed by atoms with E-state index in [1.165, 1.54) is 5.56 Å². The second-order valence-electron chi connectivity index (χ2n) is 6.64. The van der Waals surface area contributed by atoms with E-state index in [2.05, 4.69) is 56.6 Å². The lowest BCUT2D eigenvalue weighted by Crippen LogP contribution is -2.30. The molecule has 0 aliphatic heterocycles. The predicted molar refractivity (Wildman–Crippen MR) is 83.7 cm³/mol. The minimum absolute atomic E-state index is 0.158. The Morgan fingerprint density at radius 1 is 1.26 bits per heavy atom. The van der Waals surface area contributed by atoms with Crippen molar-refractivity contribution in [2.24, 2.45) is 11.7 Å². The first-order valence-electron chi connectivity index (χ1n) is 7.26. The van der Waals surface area contributed by atoms with Gasteiger partial charge in [0.05, 0.1) is 0 Å². The van der Waals surface area contributed by atoms with Crippen molar-refractivity contribution in [1.29, 1.82) is 0 Å². The largest absolute Gasteiger partial charge is 0.356 e. The van der Waals surface area contributed by atoms with E-state index in [4.69, 9.17) is 5.73 Å². The van der Waals surface area contributed by atoms with Gasteiger partial charge in [0.15, 0.2) is 0 Å². The summed E-state index contributed by atoms with van der Waals surface area (Å²) in [4.78, 5) is 6.97. The summed E-state index contributed by atoms with van der Waals surface area (Å²) in [5.74, 6) is 1.69. The summed E-state index contributed by atoms with van der Waals surface area (Å²) < 4.78 is 0. The van der Waals surface area contributed by atoms with Crippen LogP contribution < -0.4 is 10.6 Å². The number of aromatic nitrogens is 1. The van der Waals surface area contributed by atoms with Crippen LogP contribution in [0.25, 0.3) is 0 Å². The van der Waals surface area contributed by atoms with Crippen molar-refractivity contribution in [3.63, 3.8) is 0 Å². The first kappa shape index (κ1) is 16.0. The number of nitrogens with zero attached hydrogens (tertiary/aromatic N) is 2. The van der Waals surface area contributed by atoms with Crippen molar-refractivity contribution >= 4 is 5.82 Å². The summed E-state index contributed by atoms with van der Waals surface area (Å²) in [5.41, 5.74) is 7.06. The Morgan fingerprint density at radius 2 is 1.95 bits per heavy atom. The number of anilines is 1. The molecule has 0 aliphatic rings. The van der Waals surface area contributed by atoms with Crippen LogP contribution in [-0.4, -0.2) is 24.6 Å². The molecule has 0 atom stereocenters. The molecule has 1 rings (SSSR count). The zero-order valence-electron chi connectivity index (χ0n) is 13.1. The van der Waals surface area contributed by atoms with Gasteiger partial charge in [-0.2, -0.15) is 0 Å². The van der Waals surface area contributed by atoms with Crippen LogP contribution in [-0.2, 0) is 5.41 Å². The summed E-state index contributed by atoms with van der Waals surface area (Å²) in [6.07, 6.45) is 3.01. The number of nitrogens with two attached hydrogens (primary N) is 1. The monoisotopic (exact) mass is 263 g/mol. The first-order chi connectivity index (χ1) is 8.84. The Morgan fingerprint density at radius 3 is 2.37 bits per heavy atom. The molecule has 0 aromatic carbocycles.